The molecule has 1 atom stereocenters. The fourth-order valence-electron chi connectivity index (χ4n) is 3.97. The summed E-state index contributed by atoms with van der Waals surface area (Å²) in [6, 6.07) is 5.44. The van der Waals surface area contributed by atoms with E-state index in [9.17, 15) is 13.2 Å². The molecule has 150 valence electrons. The monoisotopic (exact) mass is 390 g/mol. The number of fused-ring (bicyclic) bond motifs is 1. The number of pyridine rings is 1. The van der Waals surface area contributed by atoms with Crippen molar-refractivity contribution >= 4 is 11.0 Å². The van der Waals surface area contributed by atoms with Gasteiger partial charge in [0.1, 0.15) is 17.2 Å². The Hall–Kier alpha value is -2.24. The third-order valence-corrected chi connectivity index (χ3v) is 5.53. The van der Waals surface area contributed by atoms with E-state index in [1.54, 1.807) is 18.3 Å². The Balaban J connectivity index is 1.49. The smallest absolute Gasteiger partial charge is 0.245 e. The largest absolute Gasteiger partial charge is 0.461 e. The molecule has 0 spiro atoms. The van der Waals surface area contributed by atoms with Crippen LogP contribution in [0.3, 0.4) is 0 Å². The quantitative estimate of drug-likeness (QED) is 0.439. The van der Waals surface area contributed by atoms with Gasteiger partial charge >= 0.3 is 0 Å². The third kappa shape index (κ3) is 4.59. The van der Waals surface area contributed by atoms with Gasteiger partial charge in [-0.05, 0) is 56.2 Å². The number of aromatic nitrogens is 2. The maximum absolute atomic E-state index is 14.4. The highest BCUT2D eigenvalue weighted by Crippen LogP contribution is 2.39. The van der Waals surface area contributed by atoms with Crippen LogP contribution in [-0.4, -0.2) is 15.9 Å². The Morgan fingerprint density at radius 2 is 2.11 bits per heavy atom. The van der Waals surface area contributed by atoms with Crippen LogP contribution in [0.15, 0.2) is 35.0 Å². The van der Waals surface area contributed by atoms with Gasteiger partial charge in [0.25, 0.3) is 0 Å². The number of H-pyrrole nitrogens is 1. The van der Waals surface area contributed by atoms with Crippen molar-refractivity contribution in [2.45, 2.75) is 57.8 Å². The first-order chi connectivity index (χ1) is 13.4. The number of hydrogen-bond donors (Lipinski definition) is 1. The Morgan fingerprint density at radius 3 is 2.86 bits per heavy atom. The molecule has 28 heavy (non-hydrogen) atoms. The van der Waals surface area contributed by atoms with Gasteiger partial charge in [0.05, 0.1) is 11.8 Å². The van der Waals surface area contributed by atoms with Crippen molar-refractivity contribution in [1.29, 1.82) is 0 Å². The van der Waals surface area contributed by atoms with Gasteiger partial charge in [0.2, 0.25) is 5.92 Å². The minimum atomic E-state index is -2.61. The molecule has 1 N–H and O–H groups in total. The second kappa shape index (κ2) is 7.64. The summed E-state index contributed by atoms with van der Waals surface area (Å²) in [5, 5.41) is 0.681. The molecule has 1 unspecified atom stereocenters. The second-order valence-electron chi connectivity index (χ2n) is 8.20. The molecule has 4 rings (SSSR count). The van der Waals surface area contributed by atoms with Crippen molar-refractivity contribution in [1.82, 2.24) is 9.97 Å². The summed E-state index contributed by atoms with van der Waals surface area (Å²) >= 11 is 0. The molecular formula is C22H25F3N2O. The molecule has 3 aromatic heterocycles. The molecule has 0 bridgehead atoms. The minimum absolute atomic E-state index is 0.0781. The molecule has 1 saturated carbocycles. The van der Waals surface area contributed by atoms with E-state index in [0.717, 1.165) is 31.4 Å². The maximum atomic E-state index is 14.4. The summed E-state index contributed by atoms with van der Waals surface area (Å²) in [5.41, 5.74) is 1.02. The summed E-state index contributed by atoms with van der Waals surface area (Å²) in [4.78, 5) is 7.02. The van der Waals surface area contributed by atoms with Gasteiger partial charge < -0.3 is 9.40 Å². The van der Waals surface area contributed by atoms with E-state index >= 15 is 0 Å². The predicted octanol–water partition coefficient (Wildman–Crippen LogP) is 6.75. The Morgan fingerprint density at radius 1 is 1.29 bits per heavy atom. The number of nitrogens with zero attached hydrogens (tertiary/aromatic N) is 1. The van der Waals surface area contributed by atoms with E-state index in [2.05, 4.69) is 9.97 Å². The van der Waals surface area contributed by atoms with Crippen LogP contribution in [0.25, 0.3) is 22.4 Å². The summed E-state index contributed by atoms with van der Waals surface area (Å²) < 4.78 is 46.7. The van der Waals surface area contributed by atoms with Crippen LogP contribution >= 0.6 is 0 Å². The Kier molecular flexibility index (Phi) is 5.21. The van der Waals surface area contributed by atoms with Crippen molar-refractivity contribution in [3.63, 3.8) is 0 Å². The van der Waals surface area contributed by atoms with Crippen molar-refractivity contribution in [3.05, 3.63) is 42.2 Å². The number of aromatic amines is 1. The molecule has 0 aliphatic heterocycles. The molecular weight excluding hydrogens is 365 g/mol. The number of nitrogens with one attached hydrogen (secondary N) is 1. The van der Waals surface area contributed by atoms with Gasteiger partial charge in [-0.3, -0.25) is 0 Å². The van der Waals surface area contributed by atoms with Crippen LogP contribution in [0.2, 0.25) is 0 Å². The molecule has 6 heteroatoms. The molecule has 0 aromatic carbocycles. The van der Waals surface area contributed by atoms with Crippen molar-refractivity contribution in [2.75, 3.05) is 0 Å². The molecule has 1 aliphatic rings. The molecule has 1 fully saturated rings. The number of hydrogen-bond acceptors (Lipinski definition) is 2. The van der Waals surface area contributed by atoms with Crippen LogP contribution in [0.5, 0.6) is 0 Å². The van der Waals surface area contributed by atoms with E-state index in [0.29, 0.717) is 41.1 Å². The summed E-state index contributed by atoms with van der Waals surface area (Å²) in [6.45, 7) is 0.979. The first kappa shape index (κ1) is 19.1. The molecule has 3 nitrogen and oxygen atoms in total. The van der Waals surface area contributed by atoms with Gasteiger partial charge in [0.15, 0.2) is 5.82 Å². The van der Waals surface area contributed by atoms with E-state index in [4.69, 9.17) is 4.42 Å². The number of halogens is 3. The van der Waals surface area contributed by atoms with Gasteiger partial charge in [-0.25, -0.2) is 18.2 Å². The minimum Gasteiger partial charge on any atom is -0.461 e. The molecule has 3 heterocycles. The average molecular weight is 390 g/mol. The first-order valence-electron chi connectivity index (χ1n) is 9.97. The fourth-order valence-corrected chi connectivity index (χ4v) is 3.97. The normalized spacial score (nSPS) is 16.0. The molecule has 0 amide bonds. The summed E-state index contributed by atoms with van der Waals surface area (Å²) in [5.74, 6) is -0.730. The lowest BCUT2D eigenvalue weighted by Gasteiger charge is -2.17. The lowest BCUT2D eigenvalue weighted by molar-refractivity contribution is 0.00925. The highest BCUT2D eigenvalue weighted by Gasteiger charge is 2.27. The zero-order valence-electron chi connectivity index (χ0n) is 16.0. The van der Waals surface area contributed by atoms with Gasteiger partial charge in [-0.15, -0.1) is 0 Å². The molecule has 0 radical (unpaired) electrons. The standard InChI is InChI=1S/C22H25F3N2O/c1-22(24,25)9-2-3-15(11-14-4-5-14)12-16-6-7-19(28-16)20-17-8-10-26-21(17)27-13-18(20)23/h6-8,10,13-15H,2-5,9,11-12H2,1H3,(H,26,27). The van der Waals surface area contributed by atoms with Crippen LogP contribution < -0.4 is 0 Å². The van der Waals surface area contributed by atoms with E-state index in [-0.39, 0.29) is 6.42 Å². The average Bonchev–Trinajstić information content (AvgIpc) is 3.12. The summed E-state index contributed by atoms with van der Waals surface area (Å²) in [7, 11) is 0. The van der Waals surface area contributed by atoms with Crippen LogP contribution in [0.4, 0.5) is 13.2 Å². The first-order valence-corrected chi connectivity index (χ1v) is 9.97. The third-order valence-electron chi connectivity index (χ3n) is 5.53. The van der Waals surface area contributed by atoms with Crippen molar-refractivity contribution in [2.24, 2.45) is 11.8 Å². The van der Waals surface area contributed by atoms with E-state index in [1.807, 2.05) is 6.07 Å². The Labute approximate surface area is 162 Å². The fraction of sp³-hybridized carbons (Fsp3) is 0.500. The van der Waals surface area contributed by atoms with Gasteiger partial charge in [-0.1, -0.05) is 12.8 Å². The lowest BCUT2D eigenvalue weighted by atomic mass is 9.91. The number of furan rings is 1. The van der Waals surface area contributed by atoms with Gasteiger partial charge in [0, 0.05) is 24.4 Å². The summed E-state index contributed by atoms with van der Waals surface area (Å²) in [6.07, 6.45) is 8.34. The highest BCUT2D eigenvalue weighted by atomic mass is 19.3. The molecule has 3 aromatic rings. The molecule has 0 saturated heterocycles. The topological polar surface area (TPSA) is 41.8 Å². The van der Waals surface area contributed by atoms with Crippen molar-refractivity contribution in [3.8, 4) is 11.3 Å². The number of rotatable bonds is 9. The lowest BCUT2D eigenvalue weighted by Crippen LogP contribution is -2.12. The van der Waals surface area contributed by atoms with Gasteiger partial charge in [-0.2, -0.15) is 0 Å². The van der Waals surface area contributed by atoms with E-state index in [1.165, 1.54) is 19.0 Å². The predicted molar refractivity (Wildman–Crippen MR) is 103 cm³/mol. The SMILES string of the molecule is CC(F)(F)CCCC(Cc1ccc(-c2c(F)cnc3[nH]ccc23)o1)CC1CC1. The highest BCUT2D eigenvalue weighted by molar-refractivity contribution is 5.91. The Bertz CT molecular complexity index is 937. The number of alkyl halides is 2. The van der Waals surface area contributed by atoms with E-state index < -0.39 is 11.7 Å². The van der Waals surface area contributed by atoms with Crippen LogP contribution in [0, 0.1) is 17.7 Å². The maximum Gasteiger partial charge on any atom is 0.245 e. The van der Waals surface area contributed by atoms with Crippen molar-refractivity contribution < 1.29 is 17.6 Å². The van der Waals surface area contributed by atoms with Crippen LogP contribution in [0.1, 0.15) is 51.2 Å². The van der Waals surface area contributed by atoms with Crippen LogP contribution in [-0.2, 0) is 6.42 Å². The zero-order valence-corrected chi connectivity index (χ0v) is 16.0. The zero-order chi connectivity index (χ0) is 19.7. The molecule has 1 aliphatic carbocycles. The second-order valence-corrected chi connectivity index (χ2v) is 8.20.